The van der Waals surface area contributed by atoms with Crippen molar-refractivity contribution in [2.45, 2.75) is 30.2 Å². The van der Waals surface area contributed by atoms with E-state index in [1.54, 1.807) is 22.6 Å². The van der Waals surface area contributed by atoms with Crippen LogP contribution in [0.5, 0.6) is 0 Å². The van der Waals surface area contributed by atoms with Gasteiger partial charge in [-0.05, 0) is 37.1 Å². The third kappa shape index (κ3) is 2.59. The summed E-state index contributed by atoms with van der Waals surface area (Å²) < 4.78 is 27.6. The van der Waals surface area contributed by atoms with Crippen molar-refractivity contribution in [3.63, 3.8) is 0 Å². The number of rotatable bonds is 3. The number of para-hydroxylation sites is 2. The number of hydrogen-bond acceptors (Lipinski definition) is 4. The number of imidazole rings is 1. The molecule has 3 aromatic rings. The highest BCUT2D eigenvalue weighted by atomic mass is 32.2. The Morgan fingerprint density at radius 2 is 2.00 bits per heavy atom. The molecule has 1 fully saturated rings. The Morgan fingerprint density at radius 1 is 1.12 bits per heavy atom. The monoisotopic (exact) mass is 342 g/mol. The van der Waals surface area contributed by atoms with Crippen molar-refractivity contribution in [2.24, 2.45) is 0 Å². The minimum absolute atomic E-state index is 0.230. The summed E-state index contributed by atoms with van der Waals surface area (Å²) in [6.07, 6.45) is 5.59. The van der Waals surface area contributed by atoms with Crippen LogP contribution in [0.4, 0.5) is 0 Å². The van der Waals surface area contributed by atoms with E-state index in [2.05, 4.69) is 15.0 Å². The van der Waals surface area contributed by atoms with Crippen molar-refractivity contribution in [2.75, 3.05) is 6.54 Å². The van der Waals surface area contributed by atoms with Gasteiger partial charge >= 0.3 is 0 Å². The first-order chi connectivity index (χ1) is 11.7. The molecule has 0 aliphatic carbocycles. The van der Waals surface area contributed by atoms with Gasteiger partial charge in [0.15, 0.2) is 0 Å². The standard InChI is InChI=1S/C17H18N4O2S/c22-24(23,13-6-5-10-18-12-13)21-11-4-3-9-16(21)17-19-14-7-1-2-8-15(14)20-17/h1-2,5-8,10,12,16H,3-4,9,11H2,(H,19,20)/t16-/m0/s1. The van der Waals surface area contributed by atoms with E-state index in [4.69, 9.17) is 0 Å². The molecule has 0 saturated carbocycles. The first kappa shape index (κ1) is 15.3. The second-order valence-corrected chi connectivity index (χ2v) is 7.85. The minimum Gasteiger partial charge on any atom is -0.341 e. The Kier molecular flexibility index (Phi) is 3.82. The number of fused-ring (bicyclic) bond motifs is 1. The predicted octanol–water partition coefficient (Wildman–Crippen LogP) is 2.87. The van der Waals surface area contributed by atoms with E-state index in [-0.39, 0.29) is 10.9 Å². The van der Waals surface area contributed by atoms with Gasteiger partial charge in [-0.15, -0.1) is 0 Å². The second-order valence-electron chi connectivity index (χ2n) is 5.96. The molecule has 1 aliphatic heterocycles. The highest BCUT2D eigenvalue weighted by molar-refractivity contribution is 7.89. The fourth-order valence-corrected chi connectivity index (χ4v) is 4.86. The summed E-state index contributed by atoms with van der Waals surface area (Å²) in [5, 5.41) is 0. The lowest BCUT2D eigenvalue weighted by Gasteiger charge is -2.33. The summed E-state index contributed by atoms with van der Waals surface area (Å²) in [6, 6.07) is 10.7. The molecule has 4 rings (SSSR count). The summed E-state index contributed by atoms with van der Waals surface area (Å²) in [4.78, 5) is 12.1. The van der Waals surface area contributed by atoms with Crippen LogP contribution in [0.1, 0.15) is 31.1 Å². The first-order valence-electron chi connectivity index (χ1n) is 8.03. The van der Waals surface area contributed by atoms with Crippen LogP contribution in [0.2, 0.25) is 0 Å². The van der Waals surface area contributed by atoms with Gasteiger partial charge in [-0.25, -0.2) is 13.4 Å². The Bertz CT molecular complexity index is 920. The van der Waals surface area contributed by atoms with Crippen LogP contribution in [-0.4, -0.2) is 34.2 Å². The molecule has 0 unspecified atom stereocenters. The summed E-state index contributed by atoms with van der Waals surface area (Å²) in [6.45, 7) is 0.499. The number of piperidine rings is 1. The van der Waals surface area contributed by atoms with Crippen LogP contribution in [0.3, 0.4) is 0 Å². The highest BCUT2D eigenvalue weighted by Gasteiger charge is 2.36. The number of benzene rings is 1. The zero-order chi connectivity index (χ0) is 16.6. The van der Waals surface area contributed by atoms with Gasteiger partial charge in [0.05, 0.1) is 17.1 Å². The maximum Gasteiger partial charge on any atom is 0.245 e. The lowest BCUT2D eigenvalue weighted by Crippen LogP contribution is -2.39. The van der Waals surface area contributed by atoms with E-state index in [0.717, 1.165) is 30.3 Å². The molecule has 0 bridgehead atoms. The molecule has 0 radical (unpaired) electrons. The second kappa shape index (κ2) is 5.99. The Hall–Kier alpha value is -2.25. The number of sulfonamides is 1. The Morgan fingerprint density at radius 3 is 2.79 bits per heavy atom. The minimum atomic E-state index is -3.59. The number of nitrogens with one attached hydrogen (secondary N) is 1. The maximum absolute atomic E-state index is 13.0. The maximum atomic E-state index is 13.0. The highest BCUT2D eigenvalue weighted by Crippen LogP contribution is 2.34. The van der Waals surface area contributed by atoms with E-state index in [1.807, 2.05) is 24.3 Å². The van der Waals surface area contributed by atoms with E-state index < -0.39 is 10.0 Å². The van der Waals surface area contributed by atoms with E-state index in [1.165, 1.54) is 6.20 Å². The molecule has 7 heteroatoms. The third-order valence-corrected chi connectivity index (χ3v) is 6.31. The number of hydrogen-bond donors (Lipinski definition) is 1. The predicted molar refractivity (Wildman–Crippen MR) is 90.8 cm³/mol. The number of pyridine rings is 1. The molecule has 6 nitrogen and oxygen atoms in total. The van der Waals surface area contributed by atoms with Crippen molar-refractivity contribution in [1.82, 2.24) is 19.3 Å². The van der Waals surface area contributed by atoms with Crippen molar-refractivity contribution < 1.29 is 8.42 Å². The van der Waals surface area contributed by atoms with Crippen molar-refractivity contribution in [3.05, 3.63) is 54.6 Å². The average Bonchev–Trinajstić information content (AvgIpc) is 3.06. The normalized spacial score (nSPS) is 19.6. The molecular formula is C17H18N4O2S. The van der Waals surface area contributed by atoms with Crippen LogP contribution >= 0.6 is 0 Å². The van der Waals surface area contributed by atoms with Crippen molar-refractivity contribution >= 4 is 21.1 Å². The largest absolute Gasteiger partial charge is 0.341 e. The van der Waals surface area contributed by atoms with Gasteiger partial charge in [-0.2, -0.15) is 4.31 Å². The summed E-state index contributed by atoms with van der Waals surface area (Å²) >= 11 is 0. The molecule has 1 aromatic carbocycles. The lowest BCUT2D eigenvalue weighted by atomic mass is 10.0. The van der Waals surface area contributed by atoms with Gasteiger partial charge in [0.1, 0.15) is 10.7 Å². The van der Waals surface area contributed by atoms with Crippen LogP contribution in [-0.2, 0) is 10.0 Å². The average molecular weight is 342 g/mol. The van der Waals surface area contributed by atoms with Gasteiger partial charge in [-0.3, -0.25) is 4.98 Å². The zero-order valence-corrected chi connectivity index (χ0v) is 13.9. The van der Waals surface area contributed by atoms with E-state index >= 15 is 0 Å². The number of H-pyrrole nitrogens is 1. The van der Waals surface area contributed by atoms with Crippen LogP contribution < -0.4 is 0 Å². The van der Waals surface area contributed by atoms with Gasteiger partial charge in [0.25, 0.3) is 0 Å². The quantitative estimate of drug-likeness (QED) is 0.794. The van der Waals surface area contributed by atoms with Gasteiger partial charge in [0.2, 0.25) is 10.0 Å². The third-order valence-electron chi connectivity index (χ3n) is 4.42. The molecule has 0 spiro atoms. The molecule has 1 N–H and O–H groups in total. The Labute approximate surface area is 140 Å². The lowest BCUT2D eigenvalue weighted by molar-refractivity contribution is 0.248. The fourth-order valence-electron chi connectivity index (χ4n) is 3.23. The van der Waals surface area contributed by atoms with Crippen molar-refractivity contribution in [1.29, 1.82) is 0 Å². The fraction of sp³-hybridized carbons (Fsp3) is 0.294. The number of aromatic nitrogens is 3. The molecule has 1 atom stereocenters. The SMILES string of the molecule is O=S(=O)(c1cccnc1)N1CCCC[C@H]1c1nc2ccccc2[nH]1. The summed E-state index contributed by atoms with van der Waals surface area (Å²) in [5.41, 5.74) is 1.79. The summed E-state index contributed by atoms with van der Waals surface area (Å²) in [5.74, 6) is 0.711. The van der Waals surface area contributed by atoms with Crippen molar-refractivity contribution in [3.8, 4) is 0 Å². The molecule has 1 aliphatic rings. The molecule has 0 amide bonds. The number of nitrogens with zero attached hydrogens (tertiary/aromatic N) is 3. The number of aromatic amines is 1. The van der Waals surface area contributed by atoms with Crippen LogP contribution in [0, 0.1) is 0 Å². The summed E-state index contributed by atoms with van der Waals surface area (Å²) in [7, 11) is -3.59. The smallest absolute Gasteiger partial charge is 0.245 e. The van der Waals surface area contributed by atoms with Gasteiger partial charge < -0.3 is 4.98 Å². The van der Waals surface area contributed by atoms with E-state index in [9.17, 15) is 8.42 Å². The molecule has 3 heterocycles. The molecule has 1 saturated heterocycles. The van der Waals surface area contributed by atoms with Crippen LogP contribution in [0.25, 0.3) is 11.0 Å². The van der Waals surface area contributed by atoms with E-state index in [0.29, 0.717) is 12.4 Å². The molecule has 24 heavy (non-hydrogen) atoms. The Balaban J connectivity index is 1.76. The molecule has 124 valence electrons. The van der Waals surface area contributed by atoms with Gasteiger partial charge in [-0.1, -0.05) is 18.6 Å². The van der Waals surface area contributed by atoms with Crippen LogP contribution in [0.15, 0.2) is 53.7 Å². The molecular weight excluding hydrogens is 324 g/mol. The zero-order valence-electron chi connectivity index (χ0n) is 13.1. The topological polar surface area (TPSA) is 79.0 Å². The first-order valence-corrected chi connectivity index (χ1v) is 9.47. The van der Waals surface area contributed by atoms with Gasteiger partial charge in [0, 0.05) is 18.9 Å². The molecule has 2 aromatic heterocycles.